The van der Waals surface area contributed by atoms with Crippen LogP contribution in [0.4, 0.5) is 0 Å². The van der Waals surface area contributed by atoms with E-state index < -0.39 is 58.6 Å². The molecule has 2 atom stereocenters. The fourth-order valence-corrected chi connectivity index (χ4v) is 3.28. The Morgan fingerprint density at radius 1 is 0.750 bits per heavy atom. The number of aromatic carboxylic acids is 2. The Labute approximate surface area is 180 Å². The minimum Gasteiger partial charge on any atom is -0.508 e. The van der Waals surface area contributed by atoms with Crippen LogP contribution in [0.25, 0.3) is 0 Å². The summed E-state index contributed by atoms with van der Waals surface area (Å²) in [6.45, 7) is -0.645. The molecule has 0 aliphatic rings. The second-order valence-electron chi connectivity index (χ2n) is 6.67. The minimum absolute atomic E-state index is 0.258. The normalized spacial score (nSPS) is 12.8. The molecule has 0 amide bonds. The van der Waals surface area contributed by atoms with Gasteiger partial charge in [0.1, 0.15) is 23.6 Å². The fourth-order valence-electron chi connectivity index (χ4n) is 3.28. The SMILES string of the molecule is NCCN(C(C(=O)O)c1cc(C(=O)O)ccc1O)C(C(=O)O)c1cc(C(=O)O)ccc1O. The number of aliphatic carboxylic acids is 2. The average molecular weight is 448 g/mol. The van der Waals surface area contributed by atoms with Crippen molar-refractivity contribution in [1.82, 2.24) is 4.90 Å². The van der Waals surface area contributed by atoms with Gasteiger partial charge in [-0.05, 0) is 36.4 Å². The number of aromatic hydroxyl groups is 2. The lowest BCUT2D eigenvalue weighted by Gasteiger charge is -2.34. The topological polar surface area (TPSA) is 219 Å². The van der Waals surface area contributed by atoms with E-state index in [1.54, 1.807) is 0 Å². The first-order valence-corrected chi connectivity index (χ1v) is 9.03. The number of carboxylic acid groups (broad SMARTS) is 4. The number of carbonyl (C=O) groups is 4. The monoisotopic (exact) mass is 448 g/mol. The maximum atomic E-state index is 12.2. The van der Waals surface area contributed by atoms with Crippen molar-refractivity contribution in [1.29, 1.82) is 0 Å². The number of hydrogen-bond donors (Lipinski definition) is 7. The zero-order chi connectivity index (χ0) is 24.2. The van der Waals surface area contributed by atoms with E-state index in [1.165, 1.54) is 0 Å². The second kappa shape index (κ2) is 9.76. The standard InChI is InChI=1S/C20H20N2O10/c21-5-6-22(15(19(29)30)11-7-9(17(25)26)1-3-13(11)23)16(20(31)32)12-8-10(18(27)28)2-4-14(12)24/h1-4,7-8,15-16,23-24H,5-6,21H2,(H,25,26)(H,27,28)(H,29,30)(H,31,32). The van der Waals surface area contributed by atoms with Crippen LogP contribution in [0.5, 0.6) is 11.5 Å². The Morgan fingerprint density at radius 2 is 1.12 bits per heavy atom. The van der Waals surface area contributed by atoms with Crippen molar-refractivity contribution in [2.24, 2.45) is 5.73 Å². The summed E-state index contributed by atoms with van der Waals surface area (Å²) in [6.07, 6.45) is 0. The van der Waals surface area contributed by atoms with E-state index in [9.17, 15) is 49.8 Å². The third-order valence-corrected chi connectivity index (χ3v) is 4.66. The highest BCUT2D eigenvalue weighted by Crippen LogP contribution is 2.38. The fraction of sp³-hybridized carbons (Fsp3) is 0.200. The van der Waals surface area contributed by atoms with E-state index in [4.69, 9.17) is 5.73 Å². The third-order valence-electron chi connectivity index (χ3n) is 4.66. The van der Waals surface area contributed by atoms with Crippen molar-refractivity contribution in [3.8, 4) is 11.5 Å². The molecule has 0 bridgehead atoms. The van der Waals surface area contributed by atoms with Gasteiger partial charge >= 0.3 is 23.9 Å². The minimum atomic E-state index is -1.91. The van der Waals surface area contributed by atoms with Crippen LogP contribution < -0.4 is 5.73 Å². The van der Waals surface area contributed by atoms with E-state index in [1.807, 2.05) is 0 Å². The summed E-state index contributed by atoms with van der Waals surface area (Å²) in [7, 11) is 0. The molecule has 2 aromatic carbocycles. The van der Waals surface area contributed by atoms with Gasteiger partial charge in [-0.25, -0.2) is 9.59 Å². The van der Waals surface area contributed by atoms with Crippen LogP contribution in [0, 0.1) is 0 Å². The largest absolute Gasteiger partial charge is 0.508 e. The number of nitrogens with two attached hydrogens (primary N) is 1. The molecule has 2 rings (SSSR count). The molecular weight excluding hydrogens is 428 g/mol. The van der Waals surface area contributed by atoms with E-state index in [0.29, 0.717) is 0 Å². The zero-order valence-electron chi connectivity index (χ0n) is 16.4. The third kappa shape index (κ3) is 4.94. The van der Waals surface area contributed by atoms with Crippen molar-refractivity contribution in [3.63, 3.8) is 0 Å². The summed E-state index contributed by atoms with van der Waals surface area (Å²) >= 11 is 0. The van der Waals surface area contributed by atoms with Gasteiger partial charge in [0.25, 0.3) is 0 Å². The smallest absolute Gasteiger partial charge is 0.335 e. The molecule has 170 valence electrons. The summed E-state index contributed by atoms with van der Waals surface area (Å²) in [5.74, 6) is -7.34. The van der Waals surface area contributed by atoms with Crippen molar-refractivity contribution < 1.29 is 49.8 Å². The maximum Gasteiger partial charge on any atom is 0.335 e. The zero-order valence-corrected chi connectivity index (χ0v) is 16.4. The first-order valence-electron chi connectivity index (χ1n) is 9.03. The highest BCUT2D eigenvalue weighted by Gasteiger charge is 2.40. The lowest BCUT2D eigenvalue weighted by molar-refractivity contribution is -0.151. The summed E-state index contributed by atoms with van der Waals surface area (Å²) in [5.41, 5.74) is 3.98. The van der Waals surface area contributed by atoms with Crippen LogP contribution in [0.1, 0.15) is 43.9 Å². The van der Waals surface area contributed by atoms with Crippen LogP contribution in [-0.2, 0) is 9.59 Å². The molecule has 0 heterocycles. The maximum absolute atomic E-state index is 12.2. The number of hydrogen-bond acceptors (Lipinski definition) is 8. The van der Waals surface area contributed by atoms with E-state index in [2.05, 4.69) is 0 Å². The van der Waals surface area contributed by atoms with Gasteiger partial charge in [0, 0.05) is 24.2 Å². The van der Waals surface area contributed by atoms with Crippen molar-refractivity contribution in [2.75, 3.05) is 13.1 Å². The lowest BCUT2D eigenvalue weighted by Crippen LogP contribution is -2.43. The van der Waals surface area contributed by atoms with Gasteiger partial charge in [-0.1, -0.05) is 0 Å². The van der Waals surface area contributed by atoms with Gasteiger partial charge < -0.3 is 36.4 Å². The number of nitrogens with zero attached hydrogens (tertiary/aromatic N) is 1. The van der Waals surface area contributed by atoms with Gasteiger partial charge in [-0.15, -0.1) is 0 Å². The Kier molecular flexibility index (Phi) is 7.36. The van der Waals surface area contributed by atoms with Crippen molar-refractivity contribution >= 4 is 23.9 Å². The molecule has 0 saturated carbocycles. The first-order chi connectivity index (χ1) is 15.0. The summed E-state index contributed by atoms with van der Waals surface area (Å²) in [6, 6.07) is 1.91. The van der Waals surface area contributed by atoms with E-state index >= 15 is 0 Å². The molecule has 0 aromatic heterocycles. The molecule has 12 nitrogen and oxygen atoms in total. The first kappa shape index (κ1) is 24.1. The quantitative estimate of drug-likeness (QED) is 0.267. The summed E-state index contributed by atoms with van der Waals surface area (Å²) in [5, 5.41) is 58.6. The van der Waals surface area contributed by atoms with Crippen LogP contribution in [-0.4, -0.2) is 72.5 Å². The molecule has 0 spiro atoms. The molecule has 12 heteroatoms. The molecule has 2 aromatic rings. The molecule has 0 aliphatic heterocycles. The van der Waals surface area contributed by atoms with Crippen molar-refractivity contribution in [3.05, 3.63) is 58.7 Å². The molecular formula is C20H20N2O10. The lowest BCUT2D eigenvalue weighted by atomic mass is 9.95. The number of phenolic OH excluding ortho intramolecular Hbond substituents is 2. The van der Waals surface area contributed by atoms with Gasteiger partial charge in [0.15, 0.2) is 0 Å². The number of carboxylic acids is 4. The Hall–Kier alpha value is -4.16. The molecule has 0 radical (unpaired) electrons. The molecule has 2 unspecified atom stereocenters. The molecule has 32 heavy (non-hydrogen) atoms. The Balaban J connectivity index is 2.76. The Bertz CT molecular complexity index is 987. The molecule has 0 saturated heterocycles. The van der Waals surface area contributed by atoms with Gasteiger partial charge in [-0.3, -0.25) is 14.5 Å². The highest BCUT2D eigenvalue weighted by atomic mass is 16.4. The Morgan fingerprint density at radius 3 is 1.41 bits per heavy atom. The summed E-state index contributed by atoms with van der Waals surface area (Å²) < 4.78 is 0. The predicted octanol–water partition coefficient (Wildman–Crippen LogP) is 0.707. The van der Waals surface area contributed by atoms with Gasteiger partial charge in [-0.2, -0.15) is 0 Å². The average Bonchev–Trinajstić information content (AvgIpc) is 2.70. The molecule has 8 N–H and O–H groups in total. The van der Waals surface area contributed by atoms with Crippen LogP contribution in [0.2, 0.25) is 0 Å². The number of benzene rings is 2. The van der Waals surface area contributed by atoms with E-state index in [-0.39, 0.29) is 24.2 Å². The molecule has 0 fully saturated rings. The number of rotatable bonds is 10. The number of phenols is 2. The van der Waals surface area contributed by atoms with Crippen LogP contribution in [0.3, 0.4) is 0 Å². The predicted molar refractivity (Wildman–Crippen MR) is 107 cm³/mol. The van der Waals surface area contributed by atoms with E-state index in [0.717, 1.165) is 41.3 Å². The summed E-state index contributed by atoms with van der Waals surface area (Å²) in [4.78, 5) is 47.8. The highest BCUT2D eigenvalue weighted by molar-refractivity contribution is 5.90. The molecule has 0 aliphatic carbocycles. The van der Waals surface area contributed by atoms with Gasteiger partial charge in [0.05, 0.1) is 11.1 Å². The second-order valence-corrected chi connectivity index (χ2v) is 6.67. The van der Waals surface area contributed by atoms with Crippen LogP contribution >= 0.6 is 0 Å². The van der Waals surface area contributed by atoms with Crippen molar-refractivity contribution in [2.45, 2.75) is 12.1 Å². The van der Waals surface area contributed by atoms with Gasteiger partial charge in [0.2, 0.25) is 0 Å². The van der Waals surface area contributed by atoms with Crippen LogP contribution in [0.15, 0.2) is 36.4 Å².